The van der Waals surface area contributed by atoms with Gasteiger partial charge in [0.05, 0.1) is 0 Å². The van der Waals surface area contributed by atoms with Crippen LogP contribution in [0.4, 0.5) is 0 Å². The van der Waals surface area contributed by atoms with E-state index in [9.17, 15) is 4.79 Å². The van der Waals surface area contributed by atoms with Gasteiger partial charge in [-0.2, -0.15) is 0 Å². The molecule has 0 aromatic heterocycles. The average Bonchev–Trinajstić information content (AvgIpc) is 2.33. The van der Waals surface area contributed by atoms with Crippen molar-refractivity contribution in [2.75, 3.05) is 26.7 Å². The maximum Gasteiger partial charge on any atom is 0.222 e. The molecule has 1 heterocycles. The summed E-state index contributed by atoms with van der Waals surface area (Å²) in [6.07, 6.45) is 2.97. The summed E-state index contributed by atoms with van der Waals surface area (Å²) < 4.78 is 0. The maximum absolute atomic E-state index is 11.8. The van der Waals surface area contributed by atoms with Gasteiger partial charge in [-0.15, -0.1) is 0 Å². The zero-order chi connectivity index (χ0) is 11.3. The smallest absolute Gasteiger partial charge is 0.222 e. The lowest BCUT2D eigenvalue weighted by molar-refractivity contribution is -0.131. The van der Waals surface area contributed by atoms with Crippen LogP contribution in [0.3, 0.4) is 0 Å². The van der Waals surface area contributed by atoms with Crippen LogP contribution in [0.5, 0.6) is 0 Å². The highest BCUT2D eigenvalue weighted by molar-refractivity contribution is 5.76. The van der Waals surface area contributed by atoms with E-state index < -0.39 is 0 Å². The number of carbonyl (C=O) groups is 1. The van der Waals surface area contributed by atoms with Crippen LogP contribution >= 0.6 is 0 Å². The van der Waals surface area contributed by atoms with Crippen LogP contribution < -0.4 is 5.32 Å². The number of amides is 1. The lowest BCUT2D eigenvalue weighted by Crippen LogP contribution is -2.36. The van der Waals surface area contributed by atoms with Crippen molar-refractivity contribution in [1.82, 2.24) is 10.2 Å². The van der Waals surface area contributed by atoms with Crippen LogP contribution in [0.2, 0.25) is 0 Å². The average molecular weight is 212 g/mol. The minimum absolute atomic E-state index is 0.349. The van der Waals surface area contributed by atoms with E-state index in [2.05, 4.69) is 19.2 Å². The first-order valence-corrected chi connectivity index (χ1v) is 6.05. The van der Waals surface area contributed by atoms with Crippen LogP contribution in [-0.2, 0) is 4.79 Å². The summed E-state index contributed by atoms with van der Waals surface area (Å²) in [7, 11) is 1.96. The Morgan fingerprint density at radius 2 is 2.27 bits per heavy atom. The second-order valence-corrected chi connectivity index (χ2v) is 4.94. The Hall–Kier alpha value is -0.570. The number of nitrogens with zero attached hydrogens (tertiary/aromatic N) is 1. The first kappa shape index (κ1) is 12.5. The van der Waals surface area contributed by atoms with E-state index in [4.69, 9.17) is 0 Å². The Labute approximate surface area is 93.2 Å². The van der Waals surface area contributed by atoms with Gasteiger partial charge in [0.25, 0.3) is 0 Å². The summed E-state index contributed by atoms with van der Waals surface area (Å²) in [6.45, 7) is 7.28. The van der Waals surface area contributed by atoms with Crippen LogP contribution in [0.25, 0.3) is 0 Å². The molecule has 3 nitrogen and oxygen atoms in total. The van der Waals surface area contributed by atoms with Crippen molar-refractivity contribution in [3.05, 3.63) is 0 Å². The molecule has 0 radical (unpaired) electrons. The summed E-state index contributed by atoms with van der Waals surface area (Å²) >= 11 is 0. The van der Waals surface area contributed by atoms with Crippen molar-refractivity contribution in [2.45, 2.75) is 33.1 Å². The summed E-state index contributed by atoms with van der Waals surface area (Å²) in [5, 5.41) is 3.16. The summed E-state index contributed by atoms with van der Waals surface area (Å²) in [6, 6.07) is 0. The molecule has 0 spiro atoms. The number of hydrogen-bond acceptors (Lipinski definition) is 2. The van der Waals surface area contributed by atoms with Crippen LogP contribution in [0.15, 0.2) is 0 Å². The third-order valence-electron chi connectivity index (χ3n) is 3.18. The normalized spacial score (nSPS) is 25.1. The fourth-order valence-electron chi connectivity index (χ4n) is 2.16. The predicted octanol–water partition coefficient (Wildman–Crippen LogP) is 1.49. The van der Waals surface area contributed by atoms with Gasteiger partial charge in [-0.3, -0.25) is 4.79 Å². The number of likely N-dealkylation sites (tertiary alicyclic amines) is 1. The van der Waals surface area contributed by atoms with Crippen molar-refractivity contribution < 1.29 is 4.79 Å². The van der Waals surface area contributed by atoms with Crippen molar-refractivity contribution in [3.8, 4) is 0 Å². The zero-order valence-electron chi connectivity index (χ0n) is 10.3. The van der Waals surface area contributed by atoms with Gasteiger partial charge >= 0.3 is 0 Å². The van der Waals surface area contributed by atoms with E-state index in [0.29, 0.717) is 17.7 Å². The SMILES string of the molecule is CNCC(C)CN1CCC(C)CCC1=O. The molecule has 2 atom stereocenters. The van der Waals surface area contributed by atoms with Crippen molar-refractivity contribution in [1.29, 1.82) is 0 Å². The molecule has 2 unspecified atom stereocenters. The highest BCUT2D eigenvalue weighted by atomic mass is 16.2. The molecule has 0 aliphatic carbocycles. The Kier molecular flexibility index (Phi) is 5.09. The van der Waals surface area contributed by atoms with E-state index >= 15 is 0 Å². The molecule has 0 saturated carbocycles. The summed E-state index contributed by atoms with van der Waals surface area (Å²) in [5.74, 6) is 1.60. The molecule has 1 aliphatic heterocycles. The van der Waals surface area contributed by atoms with Crippen LogP contribution in [-0.4, -0.2) is 37.5 Å². The Balaban J connectivity index is 2.41. The fraction of sp³-hybridized carbons (Fsp3) is 0.917. The number of carbonyl (C=O) groups excluding carboxylic acids is 1. The molecule has 1 saturated heterocycles. The van der Waals surface area contributed by atoms with Crippen molar-refractivity contribution in [3.63, 3.8) is 0 Å². The molecule has 1 rings (SSSR count). The molecule has 1 aliphatic rings. The van der Waals surface area contributed by atoms with Gasteiger partial charge in [0.15, 0.2) is 0 Å². The van der Waals surface area contributed by atoms with Crippen LogP contribution in [0, 0.1) is 11.8 Å². The molecule has 3 heteroatoms. The highest BCUT2D eigenvalue weighted by Crippen LogP contribution is 2.18. The quantitative estimate of drug-likeness (QED) is 0.766. The van der Waals surface area contributed by atoms with E-state index in [1.165, 1.54) is 0 Å². The van der Waals surface area contributed by atoms with Gasteiger partial charge < -0.3 is 10.2 Å². The van der Waals surface area contributed by atoms with Crippen molar-refractivity contribution >= 4 is 5.91 Å². The molecule has 1 amide bonds. The second kappa shape index (κ2) is 6.11. The van der Waals surface area contributed by atoms with Gasteiger partial charge in [0.2, 0.25) is 5.91 Å². The minimum Gasteiger partial charge on any atom is -0.342 e. The largest absolute Gasteiger partial charge is 0.342 e. The van der Waals surface area contributed by atoms with Gasteiger partial charge in [0.1, 0.15) is 0 Å². The molecule has 0 aromatic rings. The second-order valence-electron chi connectivity index (χ2n) is 4.94. The van der Waals surface area contributed by atoms with E-state index in [-0.39, 0.29) is 0 Å². The molecule has 1 fully saturated rings. The molecular formula is C12H24N2O. The third kappa shape index (κ3) is 4.20. The number of nitrogens with one attached hydrogen (secondary N) is 1. The number of hydrogen-bond donors (Lipinski definition) is 1. The van der Waals surface area contributed by atoms with Gasteiger partial charge in [0, 0.05) is 19.5 Å². The highest BCUT2D eigenvalue weighted by Gasteiger charge is 2.21. The van der Waals surface area contributed by atoms with Gasteiger partial charge in [-0.1, -0.05) is 13.8 Å². The topological polar surface area (TPSA) is 32.3 Å². The minimum atomic E-state index is 0.349. The molecular weight excluding hydrogens is 188 g/mol. The lowest BCUT2D eigenvalue weighted by Gasteiger charge is -2.24. The fourth-order valence-corrected chi connectivity index (χ4v) is 2.16. The van der Waals surface area contributed by atoms with Crippen LogP contribution in [0.1, 0.15) is 33.1 Å². The Morgan fingerprint density at radius 3 is 2.93 bits per heavy atom. The molecule has 0 aromatic carbocycles. The standard InChI is InChI=1S/C12H24N2O/c1-10-4-5-12(15)14(7-6-10)9-11(2)8-13-3/h10-11,13H,4-9H2,1-3H3. The summed E-state index contributed by atoms with van der Waals surface area (Å²) in [4.78, 5) is 13.9. The predicted molar refractivity (Wildman–Crippen MR) is 62.7 cm³/mol. The zero-order valence-corrected chi connectivity index (χ0v) is 10.3. The summed E-state index contributed by atoms with van der Waals surface area (Å²) in [5.41, 5.74) is 0. The monoisotopic (exact) mass is 212 g/mol. The van der Waals surface area contributed by atoms with E-state index in [1.54, 1.807) is 0 Å². The van der Waals surface area contributed by atoms with Gasteiger partial charge in [-0.25, -0.2) is 0 Å². The molecule has 88 valence electrons. The molecule has 0 bridgehead atoms. The lowest BCUT2D eigenvalue weighted by atomic mass is 10.0. The van der Waals surface area contributed by atoms with Gasteiger partial charge in [-0.05, 0) is 38.3 Å². The molecule has 1 N–H and O–H groups in total. The third-order valence-corrected chi connectivity index (χ3v) is 3.18. The van der Waals surface area contributed by atoms with Crippen molar-refractivity contribution in [2.24, 2.45) is 11.8 Å². The van der Waals surface area contributed by atoms with E-state index in [0.717, 1.165) is 38.9 Å². The first-order chi connectivity index (χ1) is 7.13. The molecule has 15 heavy (non-hydrogen) atoms. The Bertz CT molecular complexity index is 206. The maximum atomic E-state index is 11.8. The Morgan fingerprint density at radius 1 is 1.53 bits per heavy atom. The first-order valence-electron chi connectivity index (χ1n) is 6.05. The number of rotatable bonds is 4. The van der Waals surface area contributed by atoms with E-state index in [1.807, 2.05) is 11.9 Å².